The van der Waals surface area contributed by atoms with Gasteiger partial charge in [0.05, 0.1) is 6.04 Å². The summed E-state index contributed by atoms with van der Waals surface area (Å²) in [6.07, 6.45) is 7.56. The Kier molecular flexibility index (Phi) is 7.19. The zero-order valence-corrected chi connectivity index (χ0v) is 15.0. The number of amides is 1. The summed E-state index contributed by atoms with van der Waals surface area (Å²) in [7, 11) is 0. The van der Waals surface area contributed by atoms with Crippen LogP contribution in [0.15, 0.2) is 24.3 Å². The highest BCUT2D eigenvalue weighted by atomic mass is 35.5. The molecule has 1 aromatic rings. The van der Waals surface area contributed by atoms with E-state index in [4.69, 9.17) is 11.6 Å². The molecular weight excluding hydrogens is 331 g/mol. The predicted octanol–water partition coefficient (Wildman–Crippen LogP) is 4.35. The molecule has 2 unspecified atom stereocenters. The first kappa shape index (κ1) is 18.6. The summed E-state index contributed by atoms with van der Waals surface area (Å²) in [5.74, 6) is 0.307. The average Bonchev–Trinajstić information content (AvgIpc) is 2.90. The van der Waals surface area contributed by atoms with Gasteiger partial charge in [0.1, 0.15) is 0 Å². The van der Waals surface area contributed by atoms with Crippen molar-refractivity contribution in [2.75, 3.05) is 13.1 Å². The average molecular weight is 357 g/mol. The van der Waals surface area contributed by atoms with Crippen LogP contribution in [0.2, 0.25) is 5.02 Å². The first-order chi connectivity index (χ1) is 10.7. The number of hydrogen-bond acceptors (Lipinski definition) is 2. The summed E-state index contributed by atoms with van der Waals surface area (Å²) in [6, 6.07) is 8.61. The zero-order chi connectivity index (χ0) is 15.4. The molecule has 0 bridgehead atoms. The summed E-state index contributed by atoms with van der Waals surface area (Å²) < 4.78 is 0. The maximum absolute atomic E-state index is 12.8. The quantitative estimate of drug-likeness (QED) is 0.872. The molecule has 128 valence electrons. The van der Waals surface area contributed by atoms with Gasteiger partial charge in [0.25, 0.3) is 0 Å². The second kappa shape index (κ2) is 8.91. The Labute approximate surface area is 150 Å². The minimum Gasteiger partial charge on any atom is -0.336 e. The normalized spacial score (nSPS) is 24.8. The molecule has 3 rings (SSSR count). The Balaban J connectivity index is 0.00000192. The number of halogens is 2. The molecule has 1 amide bonds. The lowest BCUT2D eigenvalue weighted by Crippen LogP contribution is -2.38. The van der Waals surface area contributed by atoms with Crippen LogP contribution in [-0.4, -0.2) is 29.9 Å². The highest BCUT2D eigenvalue weighted by Crippen LogP contribution is 2.31. The van der Waals surface area contributed by atoms with Crippen LogP contribution in [0.1, 0.15) is 56.6 Å². The van der Waals surface area contributed by atoms with Crippen LogP contribution in [0.25, 0.3) is 0 Å². The fraction of sp³-hybridized carbons (Fsp3) is 0.611. The maximum Gasteiger partial charge on any atom is 0.224 e. The largest absolute Gasteiger partial charge is 0.336 e. The van der Waals surface area contributed by atoms with Crippen molar-refractivity contribution in [1.29, 1.82) is 0 Å². The van der Waals surface area contributed by atoms with Crippen LogP contribution >= 0.6 is 24.0 Å². The lowest BCUT2D eigenvalue weighted by atomic mass is 10.00. The van der Waals surface area contributed by atoms with Crippen molar-refractivity contribution in [3.63, 3.8) is 0 Å². The van der Waals surface area contributed by atoms with Crippen LogP contribution in [0.3, 0.4) is 0 Å². The van der Waals surface area contributed by atoms with Crippen LogP contribution in [-0.2, 0) is 4.79 Å². The second-order valence-corrected chi connectivity index (χ2v) is 6.94. The number of likely N-dealkylation sites (tertiary alicyclic amines) is 1. The van der Waals surface area contributed by atoms with Crippen LogP contribution in [0.5, 0.6) is 0 Å². The van der Waals surface area contributed by atoms with E-state index in [1.807, 2.05) is 12.1 Å². The molecule has 1 N–H and O–H groups in total. The molecule has 23 heavy (non-hydrogen) atoms. The molecule has 1 aromatic carbocycles. The van der Waals surface area contributed by atoms with Gasteiger partial charge in [0.2, 0.25) is 5.91 Å². The molecule has 0 spiro atoms. The minimum atomic E-state index is 0. The van der Waals surface area contributed by atoms with Crippen LogP contribution in [0.4, 0.5) is 0 Å². The number of nitrogens with zero attached hydrogens (tertiary/aromatic N) is 1. The van der Waals surface area contributed by atoms with Gasteiger partial charge in [-0.3, -0.25) is 4.79 Å². The first-order valence-electron chi connectivity index (χ1n) is 8.52. The highest BCUT2D eigenvalue weighted by Gasteiger charge is 2.28. The monoisotopic (exact) mass is 356 g/mol. The van der Waals surface area contributed by atoms with E-state index in [1.165, 1.54) is 24.8 Å². The number of carbonyl (C=O) groups is 1. The van der Waals surface area contributed by atoms with E-state index in [0.717, 1.165) is 37.4 Å². The predicted molar refractivity (Wildman–Crippen MR) is 97.3 cm³/mol. The molecule has 2 aliphatic rings. The van der Waals surface area contributed by atoms with E-state index >= 15 is 0 Å². The zero-order valence-electron chi connectivity index (χ0n) is 13.5. The van der Waals surface area contributed by atoms with E-state index < -0.39 is 0 Å². The van der Waals surface area contributed by atoms with Gasteiger partial charge in [0.15, 0.2) is 0 Å². The summed E-state index contributed by atoms with van der Waals surface area (Å²) >= 11 is 6.01. The molecule has 0 aliphatic carbocycles. The molecule has 2 saturated heterocycles. The van der Waals surface area contributed by atoms with Gasteiger partial charge in [-0.25, -0.2) is 0 Å². The molecule has 0 radical (unpaired) electrons. The van der Waals surface area contributed by atoms with Crippen molar-refractivity contribution in [2.24, 2.45) is 0 Å². The number of rotatable bonds is 3. The summed E-state index contributed by atoms with van der Waals surface area (Å²) in [6.45, 7) is 1.94. The van der Waals surface area contributed by atoms with Crippen molar-refractivity contribution >= 4 is 29.9 Å². The van der Waals surface area contributed by atoms with Crippen molar-refractivity contribution in [1.82, 2.24) is 10.2 Å². The molecule has 5 heteroatoms. The number of nitrogens with one attached hydrogen (secondary N) is 1. The lowest BCUT2D eigenvalue weighted by Gasteiger charge is -2.31. The highest BCUT2D eigenvalue weighted by molar-refractivity contribution is 6.30. The van der Waals surface area contributed by atoms with Crippen molar-refractivity contribution in [3.8, 4) is 0 Å². The van der Waals surface area contributed by atoms with E-state index in [9.17, 15) is 4.79 Å². The van der Waals surface area contributed by atoms with Crippen LogP contribution < -0.4 is 5.32 Å². The SMILES string of the molecule is Cl.O=C(CC1CCCN1)N1CCCCCC1c1ccc(Cl)cc1. The third-order valence-corrected chi connectivity index (χ3v) is 5.16. The van der Waals surface area contributed by atoms with Crippen molar-refractivity contribution in [3.05, 3.63) is 34.9 Å². The van der Waals surface area contributed by atoms with E-state index in [-0.39, 0.29) is 18.4 Å². The molecule has 3 nitrogen and oxygen atoms in total. The molecule has 2 heterocycles. The van der Waals surface area contributed by atoms with Gasteiger partial charge in [-0.2, -0.15) is 0 Å². The summed E-state index contributed by atoms with van der Waals surface area (Å²) in [5, 5.41) is 4.19. The summed E-state index contributed by atoms with van der Waals surface area (Å²) in [5.41, 5.74) is 1.22. The van der Waals surface area contributed by atoms with Gasteiger partial charge in [-0.15, -0.1) is 12.4 Å². The van der Waals surface area contributed by atoms with Gasteiger partial charge in [-0.1, -0.05) is 36.6 Å². The fourth-order valence-electron chi connectivity index (χ4n) is 3.70. The van der Waals surface area contributed by atoms with E-state index in [2.05, 4.69) is 22.3 Å². The van der Waals surface area contributed by atoms with Gasteiger partial charge in [-0.05, 0) is 49.9 Å². The number of benzene rings is 1. The maximum atomic E-state index is 12.8. The Bertz CT molecular complexity index is 500. The van der Waals surface area contributed by atoms with Gasteiger partial charge < -0.3 is 10.2 Å². The molecule has 0 saturated carbocycles. The Morgan fingerprint density at radius 1 is 1.13 bits per heavy atom. The molecule has 0 aromatic heterocycles. The molecular formula is C18H26Cl2N2O. The van der Waals surface area contributed by atoms with Crippen molar-refractivity contribution in [2.45, 2.75) is 57.0 Å². The first-order valence-corrected chi connectivity index (χ1v) is 8.90. The van der Waals surface area contributed by atoms with E-state index in [1.54, 1.807) is 0 Å². The topological polar surface area (TPSA) is 32.3 Å². The smallest absolute Gasteiger partial charge is 0.224 e. The third-order valence-electron chi connectivity index (χ3n) is 4.91. The fourth-order valence-corrected chi connectivity index (χ4v) is 3.82. The number of hydrogen-bond donors (Lipinski definition) is 1. The Morgan fingerprint density at radius 3 is 2.61 bits per heavy atom. The third kappa shape index (κ3) is 4.85. The van der Waals surface area contributed by atoms with Gasteiger partial charge >= 0.3 is 0 Å². The molecule has 2 aliphatic heterocycles. The molecule has 2 atom stereocenters. The molecule has 2 fully saturated rings. The van der Waals surface area contributed by atoms with Crippen LogP contribution in [0, 0.1) is 0 Å². The standard InChI is InChI=1S/C18H25ClN2O.ClH/c19-15-9-7-14(8-10-15)17-6-2-1-3-12-21(17)18(22)13-16-5-4-11-20-16;/h7-10,16-17,20H,1-6,11-13H2;1H. The lowest BCUT2D eigenvalue weighted by molar-refractivity contribution is -0.134. The Morgan fingerprint density at radius 2 is 1.91 bits per heavy atom. The van der Waals surface area contributed by atoms with Gasteiger partial charge in [0, 0.05) is 24.0 Å². The Hall–Kier alpha value is -0.770. The van der Waals surface area contributed by atoms with E-state index in [0.29, 0.717) is 18.4 Å². The van der Waals surface area contributed by atoms with Crippen molar-refractivity contribution < 1.29 is 4.79 Å². The number of carbonyl (C=O) groups excluding carboxylic acids is 1. The minimum absolute atomic E-state index is 0. The summed E-state index contributed by atoms with van der Waals surface area (Å²) in [4.78, 5) is 14.9. The second-order valence-electron chi connectivity index (χ2n) is 6.50.